The molecule has 1 N–H and O–H groups in total. The fourth-order valence-electron chi connectivity index (χ4n) is 2.03. The SMILES string of the molecule is O=C(N/N=C\c1cccc(OC(=O)c2cccs2)c1)c1ccccc1. The Hall–Kier alpha value is -3.25. The number of nitrogens with zero attached hydrogens (tertiary/aromatic N) is 1. The zero-order valence-corrected chi connectivity index (χ0v) is 13.9. The molecular weight excluding hydrogens is 336 g/mol. The van der Waals surface area contributed by atoms with E-state index in [2.05, 4.69) is 10.5 Å². The number of amides is 1. The van der Waals surface area contributed by atoms with E-state index in [0.717, 1.165) is 0 Å². The molecule has 0 saturated carbocycles. The molecule has 0 aliphatic carbocycles. The maximum absolute atomic E-state index is 11.9. The standard InChI is InChI=1S/C19H14N2O3S/c22-18(15-7-2-1-3-8-15)21-20-13-14-6-4-9-16(12-14)24-19(23)17-10-5-11-25-17/h1-13H,(H,21,22)/b20-13-. The Morgan fingerprint density at radius 1 is 1.00 bits per heavy atom. The second-order valence-corrected chi connectivity index (χ2v) is 5.95. The van der Waals surface area contributed by atoms with Gasteiger partial charge in [-0.3, -0.25) is 4.79 Å². The first-order chi connectivity index (χ1) is 12.2. The van der Waals surface area contributed by atoms with Gasteiger partial charge in [0.15, 0.2) is 0 Å². The van der Waals surface area contributed by atoms with Crippen LogP contribution in [0.2, 0.25) is 0 Å². The second-order valence-electron chi connectivity index (χ2n) is 5.00. The Morgan fingerprint density at radius 3 is 2.60 bits per heavy atom. The second kappa shape index (κ2) is 8.03. The van der Waals surface area contributed by atoms with Crippen LogP contribution < -0.4 is 10.2 Å². The number of benzene rings is 2. The lowest BCUT2D eigenvalue weighted by molar-refractivity contribution is 0.0739. The van der Waals surface area contributed by atoms with Crippen molar-refractivity contribution in [2.24, 2.45) is 5.10 Å². The van der Waals surface area contributed by atoms with Crippen molar-refractivity contribution in [2.75, 3.05) is 0 Å². The third-order valence-electron chi connectivity index (χ3n) is 3.21. The summed E-state index contributed by atoms with van der Waals surface area (Å²) in [5.41, 5.74) is 3.68. The van der Waals surface area contributed by atoms with Gasteiger partial charge in [0.25, 0.3) is 5.91 Å². The van der Waals surface area contributed by atoms with Crippen LogP contribution in [-0.4, -0.2) is 18.1 Å². The minimum atomic E-state index is -0.401. The topological polar surface area (TPSA) is 67.8 Å². The lowest BCUT2D eigenvalue weighted by atomic mass is 10.2. The van der Waals surface area contributed by atoms with Gasteiger partial charge < -0.3 is 4.74 Å². The summed E-state index contributed by atoms with van der Waals surface area (Å²) in [5.74, 6) is -0.282. The number of nitrogens with one attached hydrogen (secondary N) is 1. The van der Waals surface area contributed by atoms with Crippen LogP contribution >= 0.6 is 11.3 Å². The van der Waals surface area contributed by atoms with Gasteiger partial charge in [-0.15, -0.1) is 11.3 Å². The van der Waals surface area contributed by atoms with Crippen molar-refractivity contribution in [2.45, 2.75) is 0 Å². The van der Waals surface area contributed by atoms with E-state index >= 15 is 0 Å². The van der Waals surface area contributed by atoms with Crippen molar-refractivity contribution in [1.82, 2.24) is 5.43 Å². The molecule has 2 aromatic carbocycles. The zero-order valence-electron chi connectivity index (χ0n) is 13.1. The lowest BCUT2D eigenvalue weighted by Gasteiger charge is -2.03. The quantitative estimate of drug-likeness (QED) is 0.330. The number of esters is 1. The Morgan fingerprint density at radius 2 is 1.84 bits per heavy atom. The van der Waals surface area contributed by atoms with Crippen molar-refractivity contribution >= 4 is 29.4 Å². The lowest BCUT2D eigenvalue weighted by Crippen LogP contribution is -2.17. The fraction of sp³-hybridized carbons (Fsp3) is 0. The van der Waals surface area contributed by atoms with E-state index in [-0.39, 0.29) is 5.91 Å². The molecule has 3 rings (SSSR count). The molecule has 0 atom stereocenters. The number of carbonyl (C=O) groups excluding carboxylic acids is 2. The molecule has 124 valence electrons. The minimum Gasteiger partial charge on any atom is -0.422 e. The molecule has 0 bridgehead atoms. The number of hydrazone groups is 1. The molecule has 0 aliphatic rings. The van der Waals surface area contributed by atoms with Crippen molar-refractivity contribution in [3.63, 3.8) is 0 Å². The third-order valence-corrected chi connectivity index (χ3v) is 4.06. The van der Waals surface area contributed by atoms with Crippen LogP contribution in [0.5, 0.6) is 5.75 Å². The average molecular weight is 350 g/mol. The molecule has 0 aliphatic heterocycles. The number of hydrogen-bond acceptors (Lipinski definition) is 5. The maximum atomic E-state index is 11.9. The molecule has 0 saturated heterocycles. The third kappa shape index (κ3) is 4.62. The first-order valence-corrected chi connectivity index (χ1v) is 8.34. The highest BCUT2D eigenvalue weighted by Crippen LogP contribution is 2.16. The maximum Gasteiger partial charge on any atom is 0.353 e. The van der Waals surface area contributed by atoms with Gasteiger partial charge in [-0.1, -0.05) is 36.4 Å². The van der Waals surface area contributed by atoms with Gasteiger partial charge in [-0.25, -0.2) is 10.2 Å². The predicted octanol–water partition coefficient (Wildman–Crippen LogP) is 3.73. The predicted molar refractivity (Wildman–Crippen MR) is 97.2 cm³/mol. The van der Waals surface area contributed by atoms with Crippen LogP contribution in [0.4, 0.5) is 0 Å². The molecule has 25 heavy (non-hydrogen) atoms. The Balaban J connectivity index is 1.61. The number of hydrogen-bond donors (Lipinski definition) is 1. The summed E-state index contributed by atoms with van der Waals surface area (Å²) in [7, 11) is 0. The summed E-state index contributed by atoms with van der Waals surface area (Å²) < 4.78 is 5.32. The summed E-state index contributed by atoms with van der Waals surface area (Å²) in [6, 6.07) is 19.2. The average Bonchev–Trinajstić information content (AvgIpc) is 3.17. The molecule has 0 radical (unpaired) electrons. The molecule has 1 amide bonds. The molecule has 1 aromatic heterocycles. The molecule has 3 aromatic rings. The van der Waals surface area contributed by atoms with E-state index in [9.17, 15) is 9.59 Å². The number of carbonyl (C=O) groups is 2. The summed E-state index contributed by atoms with van der Waals surface area (Å²) in [5, 5.41) is 5.74. The van der Waals surface area contributed by atoms with Crippen LogP contribution in [-0.2, 0) is 0 Å². The molecule has 5 nitrogen and oxygen atoms in total. The van der Waals surface area contributed by atoms with Crippen LogP contribution in [0, 0.1) is 0 Å². The highest BCUT2D eigenvalue weighted by molar-refractivity contribution is 7.12. The number of ether oxygens (including phenoxy) is 1. The van der Waals surface area contributed by atoms with Crippen molar-refractivity contribution < 1.29 is 14.3 Å². The number of rotatable bonds is 5. The van der Waals surface area contributed by atoms with E-state index < -0.39 is 5.97 Å². The van der Waals surface area contributed by atoms with Crippen molar-refractivity contribution in [1.29, 1.82) is 0 Å². The summed E-state index contributed by atoms with van der Waals surface area (Å²) in [6.07, 6.45) is 1.49. The summed E-state index contributed by atoms with van der Waals surface area (Å²) in [6.45, 7) is 0. The van der Waals surface area contributed by atoms with Gasteiger partial charge >= 0.3 is 5.97 Å². The monoisotopic (exact) mass is 350 g/mol. The Kier molecular flexibility index (Phi) is 5.33. The summed E-state index contributed by atoms with van der Waals surface area (Å²) >= 11 is 1.32. The molecule has 1 heterocycles. The van der Waals surface area contributed by atoms with Gasteiger partial charge in [-0.2, -0.15) is 5.10 Å². The Bertz CT molecular complexity index is 890. The van der Waals surface area contributed by atoms with E-state index in [1.165, 1.54) is 17.6 Å². The van der Waals surface area contributed by atoms with Crippen molar-refractivity contribution in [3.05, 3.63) is 88.1 Å². The van der Waals surface area contributed by atoms with E-state index in [1.54, 1.807) is 60.7 Å². The van der Waals surface area contributed by atoms with Gasteiger partial charge in [0.1, 0.15) is 10.6 Å². The fourth-order valence-corrected chi connectivity index (χ4v) is 2.63. The van der Waals surface area contributed by atoms with Crippen LogP contribution in [0.15, 0.2) is 77.2 Å². The Labute approximate surface area is 148 Å². The van der Waals surface area contributed by atoms with Gasteiger partial charge in [0, 0.05) is 5.56 Å². The van der Waals surface area contributed by atoms with Crippen LogP contribution in [0.1, 0.15) is 25.6 Å². The first-order valence-electron chi connectivity index (χ1n) is 7.46. The van der Waals surface area contributed by atoms with Crippen molar-refractivity contribution in [3.8, 4) is 5.75 Å². The van der Waals surface area contributed by atoms with E-state index in [0.29, 0.717) is 21.8 Å². The molecule has 0 spiro atoms. The molecule has 0 fully saturated rings. The highest BCUT2D eigenvalue weighted by Gasteiger charge is 2.09. The van der Waals surface area contributed by atoms with Gasteiger partial charge in [0.2, 0.25) is 0 Å². The van der Waals surface area contributed by atoms with Crippen LogP contribution in [0.3, 0.4) is 0 Å². The number of thiophene rings is 1. The smallest absolute Gasteiger partial charge is 0.353 e. The highest BCUT2D eigenvalue weighted by atomic mass is 32.1. The first kappa shape index (κ1) is 16.6. The minimum absolute atomic E-state index is 0.294. The summed E-state index contributed by atoms with van der Waals surface area (Å²) in [4.78, 5) is 24.4. The van der Waals surface area contributed by atoms with Crippen LogP contribution in [0.25, 0.3) is 0 Å². The molecular formula is C19H14N2O3S. The largest absolute Gasteiger partial charge is 0.422 e. The molecule has 6 heteroatoms. The normalized spacial score (nSPS) is 10.6. The molecule has 0 unspecified atom stereocenters. The van der Waals surface area contributed by atoms with E-state index in [4.69, 9.17) is 4.74 Å². The zero-order chi connectivity index (χ0) is 17.5. The van der Waals surface area contributed by atoms with Gasteiger partial charge in [-0.05, 0) is 41.3 Å². The van der Waals surface area contributed by atoms with Gasteiger partial charge in [0.05, 0.1) is 6.21 Å². The van der Waals surface area contributed by atoms with E-state index in [1.807, 2.05) is 11.4 Å².